The van der Waals surface area contributed by atoms with Gasteiger partial charge in [0, 0.05) is 5.56 Å². The predicted molar refractivity (Wildman–Crippen MR) is 53.0 cm³/mol. The molecule has 0 aliphatic carbocycles. The largest absolute Gasteiger partial charge is 0.432 e. The Balaban J connectivity index is 3.43. The fourth-order valence-corrected chi connectivity index (χ4v) is 1.52. The maximum atomic E-state index is 12.6. The Morgan fingerprint density at radius 1 is 1.29 bits per heavy atom. The number of ketones is 1. The van der Waals surface area contributed by atoms with Crippen molar-refractivity contribution in [2.24, 2.45) is 0 Å². The zero-order chi connectivity index (χ0) is 13.2. The van der Waals surface area contributed by atoms with Crippen LogP contribution in [0.15, 0.2) is 12.1 Å². The van der Waals surface area contributed by atoms with Crippen molar-refractivity contribution in [3.63, 3.8) is 0 Å². The number of rotatable bonds is 4. The van der Waals surface area contributed by atoms with Crippen LogP contribution in [-0.4, -0.2) is 12.4 Å². The molecule has 0 heterocycles. The molecule has 0 aromatic heterocycles. The Labute approximate surface area is 99.1 Å². The number of alkyl halides is 4. The molecule has 2 nitrogen and oxygen atoms in total. The van der Waals surface area contributed by atoms with Crippen molar-refractivity contribution < 1.29 is 27.1 Å². The summed E-state index contributed by atoms with van der Waals surface area (Å²) >= 11 is 5.54. The first-order valence-corrected chi connectivity index (χ1v) is 4.78. The third-order valence-corrected chi connectivity index (χ3v) is 2.23. The molecule has 0 radical (unpaired) electrons. The first-order chi connectivity index (χ1) is 7.84. The van der Waals surface area contributed by atoms with Gasteiger partial charge in [-0.05, 0) is 13.0 Å². The number of hydrogen-bond acceptors (Lipinski definition) is 2. The molecule has 94 valence electrons. The summed E-state index contributed by atoms with van der Waals surface area (Å²) in [4.78, 5) is 11.2. The molecule has 1 rings (SSSR count). The molecule has 1 aromatic rings. The SMILES string of the molecule is CC(=O)c1c(C(F)F)ccc(Cl)c1OC(F)F. The van der Waals surface area contributed by atoms with E-state index < -0.39 is 35.7 Å². The van der Waals surface area contributed by atoms with Crippen molar-refractivity contribution in [2.45, 2.75) is 20.0 Å². The van der Waals surface area contributed by atoms with Gasteiger partial charge < -0.3 is 4.74 Å². The Morgan fingerprint density at radius 3 is 2.29 bits per heavy atom. The van der Waals surface area contributed by atoms with Crippen LogP contribution in [0.3, 0.4) is 0 Å². The second-order valence-electron chi connectivity index (χ2n) is 3.08. The standard InChI is InChI=1S/C10H7ClF4O2/c1-4(16)7-5(9(12)13)2-3-6(11)8(7)17-10(14)15/h2-3,9-10H,1H3. The number of hydrogen-bond donors (Lipinski definition) is 0. The van der Waals surface area contributed by atoms with E-state index in [0.29, 0.717) is 0 Å². The van der Waals surface area contributed by atoms with Crippen LogP contribution in [0, 0.1) is 0 Å². The van der Waals surface area contributed by atoms with E-state index in [1.807, 2.05) is 0 Å². The van der Waals surface area contributed by atoms with Crippen molar-refractivity contribution in [3.8, 4) is 5.75 Å². The molecule has 0 amide bonds. The number of carbonyl (C=O) groups excluding carboxylic acids is 1. The highest BCUT2D eigenvalue weighted by Gasteiger charge is 2.24. The van der Waals surface area contributed by atoms with Crippen molar-refractivity contribution in [1.82, 2.24) is 0 Å². The van der Waals surface area contributed by atoms with Crippen molar-refractivity contribution in [3.05, 3.63) is 28.3 Å². The third kappa shape index (κ3) is 3.09. The van der Waals surface area contributed by atoms with E-state index in [1.54, 1.807) is 0 Å². The van der Waals surface area contributed by atoms with Gasteiger partial charge in [-0.25, -0.2) is 8.78 Å². The fraction of sp³-hybridized carbons (Fsp3) is 0.300. The van der Waals surface area contributed by atoms with E-state index in [9.17, 15) is 22.4 Å². The van der Waals surface area contributed by atoms with Gasteiger partial charge in [-0.2, -0.15) is 8.78 Å². The third-order valence-electron chi connectivity index (χ3n) is 1.94. The molecule has 0 aliphatic rings. The zero-order valence-corrected chi connectivity index (χ0v) is 9.27. The Kier molecular flexibility index (Phi) is 4.34. The number of ether oxygens (including phenoxy) is 1. The van der Waals surface area contributed by atoms with Gasteiger partial charge in [0.15, 0.2) is 11.5 Å². The van der Waals surface area contributed by atoms with Gasteiger partial charge in [-0.1, -0.05) is 17.7 Å². The van der Waals surface area contributed by atoms with Crippen LogP contribution in [-0.2, 0) is 0 Å². The lowest BCUT2D eigenvalue weighted by atomic mass is 10.0. The molecule has 0 N–H and O–H groups in total. The summed E-state index contributed by atoms with van der Waals surface area (Å²) < 4.78 is 53.4. The Hall–Kier alpha value is -1.30. The highest BCUT2D eigenvalue weighted by atomic mass is 35.5. The second kappa shape index (κ2) is 5.35. The quantitative estimate of drug-likeness (QED) is 0.609. The van der Waals surface area contributed by atoms with E-state index in [4.69, 9.17) is 11.6 Å². The number of benzene rings is 1. The van der Waals surface area contributed by atoms with Crippen LogP contribution < -0.4 is 4.74 Å². The van der Waals surface area contributed by atoms with Crippen molar-refractivity contribution in [1.29, 1.82) is 0 Å². The highest BCUT2D eigenvalue weighted by molar-refractivity contribution is 6.32. The summed E-state index contributed by atoms with van der Waals surface area (Å²) in [6, 6.07) is 1.88. The first kappa shape index (κ1) is 13.8. The zero-order valence-electron chi connectivity index (χ0n) is 8.52. The molecule has 7 heteroatoms. The van der Waals surface area contributed by atoms with E-state index in [1.165, 1.54) is 0 Å². The van der Waals surface area contributed by atoms with Gasteiger partial charge in [-0.3, -0.25) is 4.79 Å². The van der Waals surface area contributed by atoms with Gasteiger partial charge in [0.1, 0.15) is 0 Å². The van der Waals surface area contributed by atoms with Crippen LogP contribution in [0.1, 0.15) is 29.3 Å². The van der Waals surface area contributed by atoms with Gasteiger partial charge in [0.2, 0.25) is 0 Å². The van der Waals surface area contributed by atoms with Crippen LogP contribution in [0.2, 0.25) is 5.02 Å². The minimum atomic E-state index is -3.25. The number of halogens is 5. The minimum Gasteiger partial charge on any atom is -0.432 e. The van der Waals surface area contributed by atoms with Crippen LogP contribution in [0.5, 0.6) is 5.75 Å². The smallest absolute Gasteiger partial charge is 0.387 e. The summed E-state index contributed by atoms with van der Waals surface area (Å²) in [6.07, 6.45) is -2.98. The molecular formula is C10H7ClF4O2. The summed E-state index contributed by atoms with van der Waals surface area (Å²) in [5.41, 5.74) is -1.30. The lowest BCUT2D eigenvalue weighted by Crippen LogP contribution is -2.10. The summed E-state index contributed by atoms with van der Waals surface area (Å²) in [5, 5.41) is -0.320. The molecule has 0 fully saturated rings. The number of Topliss-reactive ketones (excluding diaryl/α,β-unsaturated/α-hetero) is 1. The normalized spacial score (nSPS) is 11.1. The van der Waals surface area contributed by atoms with Crippen molar-refractivity contribution >= 4 is 17.4 Å². The summed E-state index contributed by atoms with van der Waals surface area (Å²) in [5.74, 6) is -1.54. The number of carbonyl (C=O) groups is 1. The van der Waals surface area contributed by atoms with E-state index in [-0.39, 0.29) is 5.02 Å². The highest BCUT2D eigenvalue weighted by Crippen LogP contribution is 2.36. The Bertz CT molecular complexity index is 435. The van der Waals surface area contributed by atoms with E-state index in [2.05, 4.69) is 4.74 Å². The molecule has 1 aromatic carbocycles. The summed E-state index contributed by atoms with van der Waals surface area (Å²) in [6.45, 7) is -2.28. The topological polar surface area (TPSA) is 26.3 Å². The van der Waals surface area contributed by atoms with Gasteiger partial charge in [-0.15, -0.1) is 0 Å². The molecule has 0 saturated heterocycles. The molecule has 0 spiro atoms. The molecular weight excluding hydrogens is 264 g/mol. The molecule has 0 saturated carbocycles. The molecule has 0 aliphatic heterocycles. The monoisotopic (exact) mass is 270 g/mol. The molecule has 0 atom stereocenters. The van der Waals surface area contributed by atoms with E-state index >= 15 is 0 Å². The molecule has 0 unspecified atom stereocenters. The fourth-order valence-electron chi connectivity index (χ4n) is 1.32. The van der Waals surface area contributed by atoms with Crippen LogP contribution in [0.25, 0.3) is 0 Å². The Morgan fingerprint density at radius 2 is 1.88 bits per heavy atom. The van der Waals surface area contributed by atoms with E-state index in [0.717, 1.165) is 19.1 Å². The van der Waals surface area contributed by atoms with Crippen molar-refractivity contribution in [2.75, 3.05) is 0 Å². The average molecular weight is 271 g/mol. The maximum absolute atomic E-state index is 12.6. The van der Waals surface area contributed by atoms with Crippen LogP contribution >= 0.6 is 11.6 Å². The lowest BCUT2D eigenvalue weighted by molar-refractivity contribution is -0.0502. The second-order valence-corrected chi connectivity index (χ2v) is 3.48. The predicted octanol–water partition coefficient (Wildman–Crippen LogP) is 4.08. The summed E-state index contributed by atoms with van der Waals surface area (Å²) in [7, 11) is 0. The van der Waals surface area contributed by atoms with Gasteiger partial charge in [0.05, 0.1) is 10.6 Å². The van der Waals surface area contributed by atoms with Gasteiger partial charge >= 0.3 is 6.61 Å². The lowest BCUT2D eigenvalue weighted by Gasteiger charge is -2.14. The first-order valence-electron chi connectivity index (χ1n) is 4.41. The average Bonchev–Trinajstić information content (AvgIpc) is 2.19. The minimum absolute atomic E-state index is 0.320. The van der Waals surface area contributed by atoms with Gasteiger partial charge in [0.25, 0.3) is 6.43 Å². The maximum Gasteiger partial charge on any atom is 0.387 e. The molecule has 0 bridgehead atoms. The van der Waals surface area contributed by atoms with Crippen LogP contribution in [0.4, 0.5) is 17.6 Å². The molecule has 17 heavy (non-hydrogen) atoms.